The van der Waals surface area contributed by atoms with E-state index in [-0.39, 0.29) is 0 Å². The van der Waals surface area contributed by atoms with Crippen LogP contribution in [0.1, 0.15) is 29.5 Å². The zero-order chi connectivity index (χ0) is 34.0. The summed E-state index contributed by atoms with van der Waals surface area (Å²) in [5.41, 5.74) is 10.8. The van der Waals surface area contributed by atoms with Gasteiger partial charge in [0.2, 0.25) is 0 Å². The number of para-hydroxylation sites is 2. The normalized spacial score (nSPS) is 16.8. The van der Waals surface area contributed by atoms with Gasteiger partial charge in [0, 0.05) is 21.7 Å². The molecule has 50 heavy (non-hydrogen) atoms. The Balaban J connectivity index is 1.27. The molecule has 0 amide bonds. The fourth-order valence-corrected chi connectivity index (χ4v) is 6.88. The Morgan fingerprint density at radius 3 is 2.16 bits per heavy atom. The molecule has 2 heterocycles. The molecule has 1 aliphatic carbocycles. The molecule has 0 atom stereocenters. The van der Waals surface area contributed by atoms with Gasteiger partial charge in [-0.2, -0.15) is 0 Å². The minimum absolute atomic E-state index is 0.783. The zero-order valence-electron chi connectivity index (χ0n) is 27.9. The van der Waals surface area contributed by atoms with Crippen LogP contribution < -0.4 is 10.4 Å². The van der Waals surface area contributed by atoms with Crippen molar-refractivity contribution in [3.63, 3.8) is 0 Å². The molecule has 2 heteroatoms. The molecular weight excluding hydrogens is 609 g/mol. The maximum atomic E-state index is 6.41. The number of hydrogen-bond donors (Lipinski definition) is 0. The summed E-state index contributed by atoms with van der Waals surface area (Å²) in [4.78, 5) is 0. The summed E-state index contributed by atoms with van der Waals surface area (Å²) in [6.45, 7) is 12.9. The summed E-state index contributed by atoms with van der Waals surface area (Å²) in [7, 11) is 0. The Morgan fingerprint density at radius 2 is 1.36 bits per heavy atom. The van der Waals surface area contributed by atoms with Crippen LogP contribution in [0.3, 0.4) is 0 Å². The molecule has 8 rings (SSSR count). The lowest BCUT2D eigenvalue weighted by Crippen LogP contribution is -2.29. The molecule has 240 valence electrons. The van der Waals surface area contributed by atoms with E-state index in [0.29, 0.717) is 0 Å². The lowest BCUT2D eigenvalue weighted by atomic mass is 9.90. The van der Waals surface area contributed by atoms with E-state index in [1.54, 1.807) is 6.08 Å². The van der Waals surface area contributed by atoms with Crippen LogP contribution in [0.25, 0.3) is 61.0 Å². The highest BCUT2D eigenvalue weighted by atomic mass is 16.3. The van der Waals surface area contributed by atoms with E-state index in [9.17, 15) is 0 Å². The first-order chi connectivity index (χ1) is 24.6. The first-order valence-corrected chi connectivity index (χ1v) is 17.0. The lowest BCUT2D eigenvalue weighted by Gasteiger charge is -2.13. The van der Waals surface area contributed by atoms with Crippen molar-refractivity contribution in [3.05, 3.63) is 210 Å². The van der Waals surface area contributed by atoms with Crippen LogP contribution in [0.15, 0.2) is 192 Å². The molecule has 0 saturated carbocycles. The number of fused-ring (bicyclic) bond motifs is 5. The Kier molecular flexibility index (Phi) is 8.20. The van der Waals surface area contributed by atoms with E-state index in [4.69, 9.17) is 8.83 Å². The summed E-state index contributed by atoms with van der Waals surface area (Å²) in [6.07, 6.45) is 16.6. The van der Waals surface area contributed by atoms with Crippen LogP contribution in [0.5, 0.6) is 0 Å². The monoisotopic (exact) mass is 644 g/mol. The molecule has 0 aliphatic heterocycles. The highest BCUT2D eigenvalue weighted by Crippen LogP contribution is 2.40. The highest BCUT2D eigenvalue weighted by Gasteiger charge is 2.19. The molecule has 0 unspecified atom stereocenters. The molecule has 0 bridgehead atoms. The third-order valence-electron chi connectivity index (χ3n) is 9.43. The van der Waals surface area contributed by atoms with Crippen LogP contribution in [-0.2, 0) is 0 Å². The Bertz CT molecular complexity index is 2650. The average Bonchev–Trinajstić information content (AvgIpc) is 3.76. The third kappa shape index (κ3) is 5.71. The molecule has 7 aromatic rings. The van der Waals surface area contributed by atoms with Gasteiger partial charge in [-0.1, -0.05) is 147 Å². The van der Waals surface area contributed by atoms with E-state index in [0.717, 1.165) is 101 Å². The smallest absolute Gasteiger partial charge is 0.136 e. The van der Waals surface area contributed by atoms with Crippen molar-refractivity contribution in [1.82, 2.24) is 0 Å². The van der Waals surface area contributed by atoms with Crippen molar-refractivity contribution in [2.45, 2.75) is 12.8 Å². The van der Waals surface area contributed by atoms with Gasteiger partial charge < -0.3 is 8.83 Å². The molecule has 2 aromatic heterocycles. The van der Waals surface area contributed by atoms with Gasteiger partial charge in [0.05, 0.1) is 0 Å². The highest BCUT2D eigenvalue weighted by molar-refractivity contribution is 6.08. The topological polar surface area (TPSA) is 26.3 Å². The van der Waals surface area contributed by atoms with E-state index < -0.39 is 0 Å². The molecule has 1 aliphatic rings. The van der Waals surface area contributed by atoms with Gasteiger partial charge in [-0.15, -0.1) is 0 Å². The molecular formula is C48H36O2. The van der Waals surface area contributed by atoms with Crippen molar-refractivity contribution < 1.29 is 8.83 Å². The minimum atomic E-state index is 0.783. The van der Waals surface area contributed by atoms with Gasteiger partial charge in [0.1, 0.15) is 22.5 Å². The molecule has 0 fully saturated rings. The summed E-state index contributed by atoms with van der Waals surface area (Å²) in [5.74, 6) is 0.783. The van der Waals surface area contributed by atoms with Crippen molar-refractivity contribution in [2.24, 2.45) is 0 Å². The summed E-state index contributed by atoms with van der Waals surface area (Å²) in [5, 5.41) is 5.50. The van der Waals surface area contributed by atoms with Gasteiger partial charge in [-0.25, -0.2) is 0 Å². The fourth-order valence-electron chi connectivity index (χ4n) is 6.88. The van der Waals surface area contributed by atoms with Crippen molar-refractivity contribution >= 4 is 49.6 Å². The Hall–Kier alpha value is -6.38. The van der Waals surface area contributed by atoms with Crippen molar-refractivity contribution in [3.8, 4) is 11.3 Å². The van der Waals surface area contributed by atoms with E-state index in [1.165, 1.54) is 5.57 Å². The third-order valence-corrected chi connectivity index (χ3v) is 9.43. The number of rotatable bonds is 7. The molecule has 0 spiro atoms. The standard InChI is InChI=1S/C48H36O2/c1-4-5-16-32(2)37-18-8-6-7-9-19-38(40-21-12-11-20-39(37)40)35-27-25-34(26-28-35)33(3)42-30-43-41-22-13-15-24-46(41)50-48(43)31-44(42)47-29-36-17-10-14-23-45(36)49-47/h4-5,8-31H,1-3,6-7H2/b16-5-,18-8+,19-9+,39-37+,40-38+. The maximum Gasteiger partial charge on any atom is 0.136 e. The Labute approximate surface area is 292 Å². The average molecular weight is 645 g/mol. The van der Waals surface area contributed by atoms with Crippen LogP contribution in [0, 0.1) is 0 Å². The molecule has 2 nitrogen and oxygen atoms in total. The van der Waals surface area contributed by atoms with Gasteiger partial charge in [0.25, 0.3) is 0 Å². The molecule has 0 N–H and O–H groups in total. The predicted octanol–water partition coefficient (Wildman–Crippen LogP) is 11.6. The fraction of sp³-hybridized carbons (Fsp3) is 0.0417. The van der Waals surface area contributed by atoms with Crippen LogP contribution >= 0.6 is 0 Å². The predicted molar refractivity (Wildman–Crippen MR) is 211 cm³/mol. The van der Waals surface area contributed by atoms with Crippen LogP contribution in [-0.4, -0.2) is 0 Å². The van der Waals surface area contributed by atoms with Gasteiger partial charge in [0.15, 0.2) is 0 Å². The Morgan fingerprint density at radius 1 is 0.640 bits per heavy atom. The largest absolute Gasteiger partial charge is 0.456 e. The van der Waals surface area contributed by atoms with Crippen LogP contribution in [0.2, 0.25) is 0 Å². The van der Waals surface area contributed by atoms with Crippen molar-refractivity contribution in [1.29, 1.82) is 0 Å². The first kappa shape index (κ1) is 30.9. The van der Waals surface area contributed by atoms with E-state index >= 15 is 0 Å². The van der Waals surface area contributed by atoms with Gasteiger partial charge >= 0.3 is 0 Å². The summed E-state index contributed by atoms with van der Waals surface area (Å²) >= 11 is 0. The SMILES string of the molecule is C=C/C=C\C(=C)C1=c2\cccc\c2=C(c2ccc(C(=C)c3cc4c(cc3-c3cc5ccccc5o3)oc3ccccc34)cc2)\C=C\CC\C=C\1. The number of benzene rings is 5. The summed E-state index contributed by atoms with van der Waals surface area (Å²) in [6, 6.07) is 40.0. The minimum Gasteiger partial charge on any atom is -0.456 e. The second-order valence-electron chi connectivity index (χ2n) is 12.6. The number of hydrogen-bond acceptors (Lipinski definition) is 2. The van der Waals surface area contributed by atoms with E-state index in [1.807, 2.05) is 48.6 Å². The van der Waals surface area contributed by atoms with Gasteiger partial charge in [-0.05, 0) is 92.6 Å². The maximum absolute atomic E-state index is 6.41. The van der Waals surface area contributed by atoms with E-state index in [2.05, 4.69) is 123 Å². The van der Waals surface area contributed by atoms with Crippen molar-refractivity contribution in [2.75, 3.05) is 0 Å². The summed E-state index contributed by atoms with van der Waals surface area (Å²) < 4.78 is 12.7. The second-order valence-corrected chi connectivity index (χ2v) is 12.6. The lowest BCUT2D eigenvalue weighted by molar-refractivity contribution is 0.630. The second kappa shape index (κ2) is 13.3. The van der Waals surface area contributed by atoms with Crippen LogP contribution in [0.4, 0.5) is 0 Å². The van der Waals surface area contributed by atoms with Gasteiger partial charge in [-0.3, -0.25) is 0 Å². The number of allylic oxidation sites excluding steroid dienone is 8. The molecule has 0 radical (unpaired) electrons. The molecule has 0 saturated heterocycles. The zero-order valence-corrected chi connectivity index (χ0v) is 27.9. The number of furan rings is 2. The quantitative estimate of drug-likeness (QED) is 0.161. The molecule has 5 aromatic carbocycles. The first-order valence-electron chi connectivity index (χ1n) is 17.0.